The highest BCUT2D eigenvalue weighted by molar-refractivity contribution is 6.83. The van der Waals surface area contributed by atoms with Gasteiger partial charge in [0.15, 0.2) is 0 Å². The van der Waals surface area contributed by atoms with Crippen LogP contribution in [0.25, 0.3) is 0 Å². The van der Waals surface area contributed by atoms with Crippen molar-refractivity contribution in [3.05, 3.63) is 12.3 Å². The molecule has 0 radical (unpaired) electrons. The van der Waals surface area contributed by atoms with Gasteiger partial charge < -0.3 is 8.85 Å². The van der Waals surface area contributed by atoms with Crippen LogP contribution in [0.5, 0.6) is 0 Å². The zero-order valence-electron chi connectivity index (χ0n) is 9.52. The predicted octanol–water partition coefficient (Wildman–Crippen LogP) is 2.78. The minimum absolute atomic E-state index is 1.07. The summed E-state index contributed by atoms with van der Waals surface area (Å²) in [6, 6.07) is 2.28. The van der Waals surface area contributed by atoms with Crippen molar-refractivity contribution in [2.75, 3.05) is 14.2 Å². The molecular formula is C9H22O2Si2. The Morgan fingerprint density at radius 2 is 1.54 bits per heavy atom. The SMILES string of the molecule is C=C[Si](C)(C)CC[Si](C)(OC)OC. The highest BCUT2D eigenvalue weighted by Gasteiger charge is 2.31. The van der Waals surface area contributed by atoms with Crippen molar-refractivity contribution in [3.8, 4) is 0 Å². The predicted molar refractivity (Wildman–Crippen MR) is 62.9 cm³/mol. The quantitative estimate of drug-likeness (QED) is 0.638. The van der Waals surface area contributed by atoms with E-state index in [0.29, 0.717) is 0 Å². The Balaban J connectivity index is 4.06. The van der Waals surface area contributed by atoms with Crippen LogP contribution in [0.1, 0.15) is 0 Å². The fourth-order valence-corrected chi connectivity index (χ4v) is 6.11. The van der Waals surface area contributed by atoms with Gasteiger partial charge in [0.25, 0.3) is 0 Å². The molecule has 0 N–H and O–H groups in total. The maximum atomic E-state index is 5.43. The smallest absolute Gasteiger partial charge is 0.334 e. The van der Waals surface area contributed by atoms with Gasteiger partial charge in [0.2, 0.25) is 0 Å². The third kappa shape index (κ3) is 4.76. The van der Waals surface area contributed by atoms with Gasteiger partial charge in [-0.05, 0) is 12.6 Å². The Bertz CT molecular complexity index is 165. The van der Waals surface area contributed by atoms with Gasteiger partial charge in [-0.3, -0.25) is 0 Å². The fourth-order valence-electron chi connectivity index (χ4n) is 0.939. The van der Waals surface area contributed by atoms with E-state index in [0.717, 1.165) is 6.04 Å². The molecule has 4 heteroatoms. The van der Waals surface area contributed by atoms with Crippen molar-refractivity contribution >= 4 is 16.6 Å². The average Bonchev–Trinajstić information content (AvgIpc) is 2.14. The second kappa shape index (κ2) is 5.09. The van der Waals surface area contributed by atoms with Crippen LogP contribution in [0.3, 0.4) is 0 Å². The molecule has 0 saturated heterocycles. The molecule has 0 spiro atoms. The molecule has 78 valence electrons. The Morgan fingerprint density at radius 1 is 1.08 bits per heavy atom. The van der Waals surface area contributed by atoms with Crippen LogP contribution in [0.2, 0.25) is 31.7 Å². The minimum Gasteiger partial charge on any atom is -0.398 e. The highest BCUT2D eigenvalue weighted by atomic mass is 28.4. The van der Waals surface area contributed by atoms with E-state index in [1.807, 2.05) is 0 Å². The van der Waals surface area contributed by atoms with E-state index in [9.17, 15) is 0 Å². The molecule has 0 aromatic rings. The van der Waals surface area contributed by atoms with Crippen molar-refractivity contribution in [1.82, 2.24) is 0 Å². The molecular weight excluding hydrogens is 196 g/mol. The second-order valence-corrected chi connectivity index (χ2v) is 12.7. The summed E-state index contributed by atoms with van der Waals surface area (Å²) in [5.74, 6) is 0. The van der Waals surface area contributed by atoms with Gasteiger partial charge in [-0.2, -0.15) is 0 Å². The summed E-state index contributed by atoms with van der Waals surface area (Å²) in [4.78, 5) is 0. The van der Waals surface area contributed by atoms with Crippen LogP contribution in [0.4, 0.5) is 0 Å². The molecule has 0 heterocycles. The maximum absolute atomic E-state index is 5.43. The molecule has 0 aromatic heterocycles. The van der Waals surface area contributed by atoms with Crippen molar-refractivity contribution in [2.45, 2.75) is 31.7 Å². The molecule has 0 aliphatic carbocycles. The molecule has 0 bridgehead atoms. The lowest BCUT2D eigenvalue weighted by atomic mass is 10.9. The average molecular weight is 218 g/mol. The molecule has 0 saturated carbocycles. The minimum atomic E-state index is -1.84. The van der Waals surface area contributed by atoms with Crippen molar-refractivity contribution in [1.29, 1.82) is 0 Å². The largest absolute Gasteiger partial charge is 0.398 e. The maximum Gasteiger partial charge on any atom is 0.334 e. The van der Waals surface area contributed by atoms with Gasteiger partial charge in [0, 0.05) is 14.2 Å². The standard InChI is InChI=1S/C9H22O2Si2/c1-7-12(4,5)8-9-13(6,10-2)11-3/h7H,1,8-9H2,2-6H3. The van der Waals surface area contributed by atoms with Crippen LogP contribution in [0, 0.1) is 0 Å². The number of hydrogen-bond donors (Lipinski definition) is 0. The van der Waals surface area contributed by atoms with E-state index in [4.69, 9.17) is 8.85 Å². The Kier molecular flexibility index (Phi) is 5.13. The Hall–Kier alpha value is 0.0938. The molecule has 0 aliphatic rings. The fraction of sp³-hybridized carbons (Fsp3) is 0.778. The first-order valence-corrected chi connectivity index (χ1v) is 10.4. The summed E-state index contributed by atoms with van der Waals surface area (Å²) in [5, 5.41) is 0. The van der Waals surface area contributed by atoms with E-state index in [1.165, 1.54) is 6.04 Å². The molecule has 0 amide bonds. The molecule has 0 rings (SSSR count). The third-order valence-electron chi connectivity index (χ3n) is 2.64. The van der Waals surface area contributed by atoms with Gasteiger partial charge >= 0.3 is 8.56 Å². The summed E-state index contributed by atoms with van der Waals surface area (Å²) in [7, 11) is 0.479. The van der Waals surface area contributed by atoms with E-state index in [-0.39, 0.29) is 0 Å². The summed E-state index contributed by atoms with van der Waals surface area (Å²) >= 11 is 0. The van der Waals surface area contributed by atoms with E-state index in [2.05, 4.69) is 31.9 Å². The molecule has 0 unspecified atom stereocenters. The van der Waals surface area contributed by atoms with Crippen LogP contribution < -0.4 is 0 Å². The first-order valence-electron chi connectivity index (χ1n) is 4.63. The lowest BCUT2D eigenvalue weighted by Gasteiger charge is -2.26. The second-order valence-electron chi connectivity index (χ2n) is 4.23. The Labute approximate surface area is 84.2 Å². The zero-order valence-corrected chi connectivity index (χ0v) is 11.5. The van der Waals surface area contributed by atoms with E-state index in [1.54, 1.807) is 14.2 Å². The highest BCUT2D eigenvalue weighted by Crippen LogP contribution is 2.21. The topological polar surface area (TPSA) is 18.5 Å². The molecule has 0 aliphatic heterocycles. The summed E-state index contributed by atoms with van der Waals surface area (Å²) in [6.07, 6.45) is 0. The molecule has 2 nitrogen and oxygen atoms in total. The summed E-state index contributed by atoms with van der Waals surface area (Å²) in [6.45, 7) is 10.6. The van der Waals surface area contributed by atoms with Gasteiger partial charge in [-0.1, -0.05) is 19.1 Å². The molecule has 0 aromatic carbocycles. The molecule has 13 heavy (non-hydrogen) atoms. The number of rotatable bonds is 6. The number of hydrogen-bond acceptors (Lipinski definition) is 2. The van der Waals surface area contributed by atoms with E-state index < -0.39 is 16.6 Å². The molecule has 0 atom stereocenters. The lowest BCUT2D eigenvalue weighted by Crippen LogP contribution is -2.38. The van der Waals surface area contributed by atoms with Gasteiger partial charge in [0.05, 0.1) is 8.07 Å². The van der Waals surface area contributed by atoms with Crippen LogP contribution in [-0.4, -0.2) is 30.9 Å². The van der Waals surface area contributed by atoms with Crippen molar-refractivity contribution in [2.24, 2.45) is 0 Å². The van der Waals surface area contributed by atoms with Gasteiger partial charge in [-0.25, -0.2) is 0 Å². The lowest BCUT2D eigenvalue weighted by molar-refractivity contribution is 0.251. The van der Waals surface area contributed by atoms with Crippen LogP contribution >= 0.6 is 0 Å². The monoisotopic (exact) mass is 218 g/mol. The first kappa shape index (κ1) is 13.1. The van der Waals surface area contributed by atoms with Crippen molar-refractivity contribution in [3.63, 3.8) is 0 Å². The first-order chi connectivity index (χ1) is 5.89. The van der Waals surface area contributed by atoms with E-state index >= 15 is 0 Å². The van der Waals surface area contributed by atoms with Crippen LogP contribution in [0.15, 0.2) is 12.3 Å². The van der Waals surface area contributed by atoms with Crippen LogP contribution in [-0.2, 0) is 8.85 Å². The molecule has 0 fully saturated rings. The summed E-state index contributed by atoms with van der Waals surface area (Å²) < 4.78 is 10.9. The Morgan fingerprint density at radius 3 is 1.85 bits per heavy atom. The third-order valence-corrected chi connectivity index (χ3v) is 8.67. The zero-order chi connectivity index (χ0) is 10.5. The van der Waals surface area contributed by atoms with Gasteiger partial charge in [0.1, 0.15) is 0 Å². The normalized spacial score (nSPS) is 13.0. The summed E-state index contributed by atoms with van der Waals surface area (Å²) in [5.41, 5.74) is 2.13. The van der Waals surface area contributed by atoms with Crippen molar-refractivity contribution < 1.29 is 8.85 Å². The van der Waals surface area contributed by atoms with Gasteiger partial charge in [-0.15, -0.1) is 12.3 Å².